The van der Waals surface area contributed by atoms with Crippen molar-refractivity contribution < 1.29 is 13.9 Å². The molecule has 1 aromatic heterocycles. The SMILES string of the molecule is COc1cccc(CNC(=O)c2nnc3n(c2=O)CCN3c2ccc(F)cc2)c1. The van der Waals surface area contributed by atoms with Crippen LogP contribution in [0.25, 0.3) is 0 Å². The number of nitrogens with one attached hydrogen (secondary N) is 1. The number of halogens is 1. The van der Waals surface area contributed by atoms with Crippen LogP contribution < -0.4 is 20.5 Å². The largest absolute Gasteiger partial charge is 0.497 e. The predicted octanol–water partition coefficient (Wildman–Crippen LogP) is 1.87. The first-order valence-corrected chi connectivity index (χ1v) is 8.98. The molecule has 0 spiro atoms. The van der Waals surface area contributed by atoms with Crippen molar-refractivity contribution in [1.82, 2.24) is 20.1 Å². The molecule has 0 fully saturated rings. The van der Waals surface area contributed by atoms with Crippen LogP contribution in [0.1, 0.15) is 16.1 Å². The Bertz CT molecular complexity index is 1110. The highest BCUT2D eigenvalue weighted by Crippen LogP contribution is 2.26. The number of ether oxygens (including phenoxy) is 1. The fraction of sp³-hybridized carbons (Fsp3) is 0.200. The number of aromatic nitrogens is 3. The van der Waals surface area contributed by atoms with Crippen molar-refractivity contribution in [2.24, 2.45) is 0 Å². The van der Waals surface area contributed by atoms with Crippen molar-refractivity contribution in [2.45, 2.75) is 13.1 Å². The third-order valence-corrected chi connectivity index (χ3v) is 4.66. The second kappa shape index (κ2) is 7.70. The van der Waals surface area contributed by atoms with Gasteiger partial charge in [-0.25, -0.2) is 4.39 Å². The van der Waals surface area contributed by atoms with Crippen LogP contribution in [-0.4, -0.2) is 34.3 Å². The molecule has 3 aromatic rings. The molecule has 148 valence electrons. The topological polar surface area (TPSA) is 89.3 Å². The van der Waals surface area contributed by atoms with Gasteiger partial charge >= 0.3 is 0 Å². The number of rotatable bonds is 5. The minimum absolute atomic E-state index is 0.223. The predicted molar refractivity (Wildman–Crippen MR) is 104 cm³/mol. The van der Waals surface area contributed by atoms with Crippen molar-refractivity contribution >= 4 is 17.5 Å². The van der Waals surface area contributed by atoms with Gasteiger partial charge in [0.25, 0.3) is 11.5 Å². The maximum absolute atomic E-state index is 13.2. The van der Waals surface area contributed by atoms with E-state index in [0.29, 0.717) is 30.5 Å². The zero-order chi connectivity index (χ0) is 20.4. The second-order valence-electron chi connectivity index (χ2n) is 6.47. The van der Waals surface area contributed by atoms with Gasteiger partial charge < -0.3 is 15.0 Å². The summed E-state index contributed by atoms with van der Waals surface area (Å²) in [5, 5.41) is 10.6. The minimum Gasteiger partial charge on any atom is -0.497 e. The summed E-state index contributed by atoms with van der Waals surface area (Å²) in [5.74, 6) is 0.0568. The molecule has 0 radical (unpaired) electrons. The third-order valence-electron chi connectivity index (χ3n) is 4.66. The van der Waals surface area contributed by atoms with Gasteiger partial charge in [-0.15, -0.1) is 10.2 Å². The van der Waals surface area contributed by atoms with Crippen LogP contribution in [0.5, 0.6) is 5.75 Å². The molecule has 2 heterocycles. The molecule has 1 amide bonds. The molecular weight excluding hydrogens is 377 g/mol. The smallest absolute Gasteiger partial charge is 0.286 e. The van der Waals surface area contributed by atoms with Gasteiger partial charge in [0, 0.05) is 25.3 Å². The molecule has 1 aliphatic rings. The average Bonchev–Trinajstić information content (AvgIpc) is 3.18. The number of carbonyl (C=O) groups is 1. The quantitative estimate of drug-likeness (QED) is 0.710. The number of anilines is 2. The lowest BCUT2D eigenvalue weighted by Crippen LogP contribution is -2.34. The van der Waals surface area contributed by atoms with Gasteiger partial charge in [0.05, 0.1) is 7.11 Å². The standard InChI is InChI=1S/C20H18FN5O3/c1-29-16-4-2-3-13(11-16)12-22-18(27)17-19(28)26-10-9-25(20(26)24-23-17)15-7-5-14(21)6-8-15/h2-8,11H,9-10,12H2,1H3,(H,22,27). The first kappa shape index (κ1) is 18.6. The Morgan fingerprint density at radius 3 is 2.72 bits per heavy atom. The van der Waals surface area contributed by atoms with E-state index < -0.39 is 11.5 Å². The molecule has 4 rings (SSSR count). The van der Waals surface area contributed by atoms with Crippen molar-refractivity contribution in [3.63, 3.8) is 0 Å². The summed E-state index contributed by atoms with van der Waals surface area (Å²) in [6.07, 6.45) is 0. The summed E-state index contributed by atoms with van der Waals surface area (Å²) in [5.41, 5.74) is 0.747. The number of methoxy groups -OCH3 is 1. The lowest BCUT2D eigenvalue weighted by Gasteiger charge is -2.16. The fourth-order valence-corrected chi connectivity index (χ4v) is 3.17. The van der Waals surface area contributed by atoms with Gasteiger partial charge in [-0.3, -0.25) is 14.2 Å². The van der Waals surface area contributed by atoms with Crippen LogP contribution in [0.3, 0.4) is 0 Å². The Morgan fingerprint density at radius 1 is 1.17 bits per heavy atom. The highest BCUT2D eigenvalue weighted by Gasteiger charge is 2.27. The number of carbonyl (C=O) groups excluding carboxylic acids is 1. The highest BCUT2D eigenvalue weighted by molar-refractivity contribution is 5.91. The zero-order valence-electron chi connectivity index (χ0n) is 15.6. The van der Waals surface area contributed by atoms with Gasteiger partial charge in [-0.05, 0) is 42.0 Å². The molecule has 9 heteroatoms. The van der Waals surface area contributed by atoms with Crippen molar-refractivity contribution in [3.8, 4) is 5.75 Å². The normalized spacial score (nSPS) is 12.6. The molecule has 0 bridgehead atoms. The zero-order valence-corrected chi connectivity index (χ0v) is 15.6. The molecule has 0 unspecified atom stereocenters. The van der Waals surface area contributed by atoms with E-state index >= 15 is 0 Å². The van der Waals surface area contributed by atoms with E-state index in [4.69, 9.17) is 4.74 Å². The third kappa shape index (κ3) is 3.66. The van der Waals surface area contributed by atoms with E-state index in [1.807, 2.05) is 12.1 Å². The van der Waals surface area contributed by atoms with E-state index in [9.17, 15) is 14.0 Å². The summed E-state index contributed by atoms with van der Waals surface area (Å²) in [6.45, 7) is 1.06. The van der Waals surface area contributed by atoms with Crippen LogP contribution in [-0.2, 0) is 13.1 Å². The molecule has 0 saturated carbocycles. The second-order valence-corrected chi connectivity index (χ2v) is 6.47. The van der Waals surface area contributed by atoms with Crippen molar-refractivity contribution in [3.05, 3.63) is 76.0 Å². The highest BCUT2D eigenvalue weighted by atomic mass is 19.1. The first-order chi connectivity index (χ1) is 14.1. The van der Waals surface area contributed by atoms with Crippen molar-refractivity contribution in [2.75, 3.05) is 18.6 Å². The molecule has 0 atom stereocenters. The lowest BCUT2D eigenvalue weighted by atomic mass is 10.2. The van der Waals surface area contributed by atoms with E-state index in [1.54, 1.807) is 36.3 Å². The molecule has 1 aliphatic heterocycles. The first-order valence-electron chi connectivity index (χ1n) is 8.98. The Morgan fingerprint density at radius 2 is 1.97 bits per heavy atom. The molecule has 0 aliphatic carbocycles. The number of amides is 1. The summed E-state index contributed by atoms with van der Waals surface area (Å²) in [4.78, 5) is 27.0. The average molecular weight is 395 g/mol. The van der Waals surface area contributed by atoms with Gasteiger partial charge in [-0.2, -0.15) is 0 Å². The molecule has 0 saturated heterocycles. The minimum atomic E-state index is -0.596. The number of benzene rings is 2. The number of hydrogen-bond donors (Lipinski definition) is 1. The van der Waals surface area contributed by atoms with Crippen LogP contribution in [0.4, 0.5) is 16.0 Å². The molecule has 8 nitrogen and oxygen atoms in total. The molecule has 1 N–H and O–H groups in total. The van der Waals surface area contributed by atoms with Crippen LogP contribution in [0.2, 0.25) is 0 Å². The van der Waals surface area contributed by atoms with Crippen molar-refractivity contribution in [1.29, 1.82) is 0 Å². The van der Waals surface area contributed by atoms with Crippen LogP contribution in [0.15, 0.2) is 53.3 Å². The van der Waals surface area contributed by atoms with E-state index in [1.165, 1.54) is 16.7 Å². The number of nitrogens with zero attached hydrogens (tertiary/aromatic N) is 4. The van der Waals surface area contributed by atoms with Crippen LogP contribution >= 0.6 is 0 Å². The van der Waals surface area contributed by atoms with E-state index in [2.05, 4.69) is 15.5 Å². The summed E-state index contributed by atoms with van der Waals surface area (Å²) in [6, 6.07) is 13.1. The Labute approximate surface area is 165 Å². The fourth-order valence-electron chi connectivity index (χ4n) is 3.17. The molecule has 29 heavy (non-hydrogen) atoms. The van der Waals surface area contributed by atoms with Gasteiger partial charge in [0.1, 0.15) is 11.6 Å². The molecular formula is C20H18FN5O3. The van der Waals surface area contributed by atoms with Gasteiger partial charge in [0.2, 0.25) is 11.6 Å². The Balaban J connectivity index is 1.53. The maximum Gasteiger partial charge on any atom is 0.286 e. The maximum atomic E-state index is 13.2. The summed E-state index contributed by atoms with van der Waals surface area (Å²) in [7, 11) is 1.56. The van der Waals surface area contributed by atoms with Gasteiger partial charge in [0.15, 0.2) is 0 Å². The summed E-state index contributed by atoms with van der Waals surface area (Å²) >= 11 is 0. The van der Waals surface area contributed by atoms with E-state index in [-0.39, 0.29) is 18.1 Å². The Kier molecular flexibility index (Phi) is 4.94. The number of hydrogen-bond acceptors (Lipinski definition) is 6. The van der Waals surface area contributed by atoms with E-state index in [0.717, 1.165) is 5.56 Å². The monoisotopic (exact) mass is 395 g/mol. The lowest BCUT2D eigenvalue weighted by molar-refractivity contribution is 0.0942. The molecule has 2 aromatic carbocycles. The number of fused-ring (bicyclic) bond motifs is 1. The summed E-state index contributed by atoms with van der Waals surface area (Å²) < 4.78 is 19.7. The Hall–Kier alpha value is -3.75. The van der Waals surface area contributed by atoms with Gasteiger partial charge in [-0.1, -0.05) is 12.1 Å². The van der Waals surface area contributed by atoms with Crippen LogP contribution in [0, 0.1) is 5.82 Å².